The molecule has 1 aliphatic heterocycles. The minimum atomic E-state index is -0.589. The van der Waals surface area contributed by atoms with E-state index in [4.69, 9.17) is 0 Å². The van der Waals surface area contributed by atoms with Crippen molar-refractivity contribution in [1.82, 2.24) is 14.5 Å². The van der Waals surface area contributed by atoms with E-state index in [0.29, 0.717) is 12.8 Å². The highest BCUT2D eigenvalue weighted by molar-refractivity contribution is 7.11. The first-order valence-corrected chi connectivity index (χ1v) is 8.62. The van der Waals surface area contributed by atoms with Crippen LogP contribution in [0.4, 0.5) is 0 Å². The van der Waals surface area contributed by atoms with Gasteiger partial charge in [-0.05, 0) is 31.9 Å². The maximum atomic E-state index is 12.0. The van der Waals surface area contributed by atoms with Crippen LogP contribution in [0.15, 0.2) is 34.0 Å². The lowest BCUT2D eigenvalue weighted by molar-refractivity contribution is 0.105. The smallest absolute Gasteiger partial charge is 0.328 e. The molecule has 1 fully saturated rings. The quantitative estimate of drug-likeness (QED) is 0.881. The molecule has 0 radical (unpaired) electrons. The van der Waals surface area contributed by atoms with Crippen LogP contribution in [0, 0.1) is 6.92 Å². The molecule has 2 aromatic rings. The fraction of sp³-hybridized carbons (Fsp3) is 0.500. The van der Waals surface area contributed by atoms with E-state index in [1.807, 2.05) is 0 Å². The predicted octanol–water partition coefficient (Wildman–Crippen LogP) is 1.10. The molecule has 2 aromatic heterocycles. The molecule has 3 rings (SSSR count). The van der Waals surface area contributed by atoms with Gasteiger partial charge in [0.2, 0.25) is 0 Å². The van der Waals surface area contributed by atoms with Crippen LogP contribution in [0.1, 0.15) is 28.6 Å². The van der Waals surface area contributed by atoms with Gasteiger partial charge in [0, 0.05) is 41.7 Å². The van der Waals surface area contributed by atoms with Gasteiger partial charge in [0.1, 0.15) is 0 Å². The number of nitrogens with zero attached hydrogens (tertiary/aromatic N) is 2. The molecule has 3 heterocycles. The summed E-state index contributed by atoms with van der Waals surface area (Å²) in [5.74, 6) is 0. The van der Waals surface area contributed by atoms with Crippen LogP contribution in [-0.4, -0.2) is 38.8 Å². The summed E-state index contributed by atoms with van der Waals surface area (Å²) in [7, 11) is 0. The van der Waals surface area contributed by atoms with Crippen LogP contribution < -0.4 is 11.2 Å². The fourth-order valence-corrected chi connectivity index (χ4v) is 4.02. The van der Waals surface area contributed by atoms with Crippen LogP contribution in [-0.2, 0) is 6.54 Å². The van der Waals surface area contributed by atoms with E-state index in [1.165, 1.54) is 26.6 Å². The predicted molar refractivity (Wildman–Crippen MR) is 89.9 cm³/mol. The summed E-state index contributed by atoms with van der Waals surface area (Å²) in [5, 5.41) is 10.4. The third kappa shape index (κ3) is 3.80. The van der Waals surface area contributed by atoms with Crippen LogP contribution in [0.5, 0.6) is 0 Å². The molecule has 0 aromatic carbocycles. The Kier molecular flexibility index (Phi) is 4.79. The van der Waals surface area contributed by atoms with Crippen LogP contribution in [0.3, 0.4) is 0 Å². The van der Waals surface area contributed by atoms with Crippen molar-refractivity contribution in [2.24, 2.45) is 0 Å². The second-order valence-electron chi connectivity index (χ2n) is 6.02. The van der Waals surface area contributed by atoms with Gasteiger partial charge in [-0.3, -0.25) is 19.2 Å². The Balaban J connectivity index is 1.73. The van der Waals surface area contributed by atoms with Crippen LogP contribution in [0.25, 0.3) is 0 Å². The lowest BCUT2D eigenvalue weighted by atomic mass is 10.1. The van der Waals surface area contributed by atoms with Crippen molar-refractivity contribution >= 4 is 11.3 Å². The number of H-pyrrole nitrogens is 1. The average molecular weight is 335 g/mol. The number of aromatic nitrogens is 2. The lowest BCUT2D eigenvalue weighted by Crippen LogP contribution is -2.36. The summed E-state index contributed by atoms with van der Waals surface area (Å²) in [6.45, 7) is 4.58. The van der Waals surface area contributed by atoms with Crippen molar-refractivity contribution in [3.63, 3.8) is 0 Å². The molecule has 0 spiro atoms. The standard InChI is InChI=1S/C16H21N3O3S/c1-11-2-3-12(23-11)10-18-7-4-13(14(20)5-8-18)19-9-6-15(21)17-16(19)22/h2-3,6,9,13-14,20H,4-5,7-8,10H2,1H3,(H,17,21,22)/t13-,14-/m0/s1. The molecule has 23 heavy (non-hydrogen) atoms. The number of hydrogen-bond acceptors (Lipinski definition) is 5. The molecule has 6 nitrogen and oxygen atoms in total. The third-order valence-corrected chi connectivity index (χ3v) is 5.30. The lowest BCUT2D eigenvalue weighted by Gasteiger charge is -2.22. The highest BCUT2D eigenvalue weighted by atomic mass is 32.1. The van der Waals surface area contributed by atoms with Gasteiger partial charge in [-0.25, -0.2) is 4.79 Å². The van der Waals surface area contributed by atoms with E-state index >= 15 is 0 Å². The molecule has 2 atom stereocenters. The molecule has 0 amide bonds. The normalized spacial score (nSPS) is 22.9. The molecule has 0 unspecified atom stereocenters. The first-order valence-electron chi connectivity index (χ1n) is 7.80. The fourth-order valence-electron chi connectivity index (χ4n) is 3.09. The Bertz CT molecular complexity index is 779. The Morgan fingerprint density at radius 3 is 2.74 bits per heavy atom. The third-order valence-electron chi connectivity index (χ3n) is 4.31. The van der Waals surface area contributed by atoms with Gasteiger partial charge in [0.25, 0.3) is 5.56 Å². The zero-order valence-corrected chi connectivity index (χ0v) is 13.9. The summed E-state index contributed by atoms with van der Waals surface area (Å²) >= 11 is 1.79. The first-order chi connectivity index (χ1) is 11.0. The zero-order chi connectivity index (χ0) is 16.4. The minimum Gasteiger partial charge on any atom is -0.391 e. The molecule has 1 saturated heterocycles. The summed E-state index contributed by atoms with van der Waals surface area (Å²) in [4.78, 5) is 30.3. The molecular weight excluding hydrogens is 314 g/mol. The van der Waals surface area contributed by atoms with Crippen molar-refractivity contribution in [2.45, 2.75) is 38.5 Å². The molecule has 0 aliphatic carbocycles. The summed E-state index contributed by atoms with van der Waals surface area (Å²) in [5.41, 5.74) is -0.868. The molecule has 124 valence electrons. The number of aliphatic hydroxyl groups is 1. The monoisotopic (exact) mass is 335 g/mol. The van der Waals surface area contributed by atoms with Crippen LogP contribution >= 0.6 is 11.3 Å². The molecular formula is C16H21N3O3S. The second-order valence-corrected chi connectivity index (χ2v) is 7.39. The second kappa shape index (κ2) is 6.82. The zero-order valence-electron chi connectivity index (χ0n) is 13.1. The van der Waals surface area contributed by atoms with Crippen molar-refractivity contribution < 1.29 is 5.11 Å². The first kappa shape index (κ1) is 16.2. The number of aromatic amines is 1. The topological polar surface area (TPSA) is 78.3 Å². The summed E-state index contributed by atoms with van der Waals surface area (Å²) in [6.07, 6.45) is 2.18. The van der Waals surface area contributed by atoms with Gasteiger partial charge in [-0.15, -0.1) is 11.3 Å². The van der Waals surface area contributed by atoms with Crippen molar-refractivity contribution in [2.75, 3.05) is 13.1 Å². The van der Waals surface area contributed by atoms with E-state index in [9.17, 15) is 14.7 Å². The molecule has 1 aliphatic rings. The Morgan fingerprint density at radius 2 is 2.04 bits per heavy atom. The molecule has 2 N–H and O–H groups in total. The van der Waals surface area contributed by atoms with Crippen molar-refractivity contribution in [1.29, 1.82) is 0 Å². The van der Waals surface area contributed by atoms with E-state index in [-0.39, 0.29) is 6.04 Å². The molecule has 0 bridgehead atoms. The van der Waals surface area contributed by atoms with Crippen molar-refractivity contribution in [3.05, 3.63) is 55.0 Å². The van der Waals surface area contributed by atoms with Gasteiger partial charge < -0.3 is 5.11 Å². The van der Waals surface area contributed by atoms with Gasteiger partial charge in [0.05, 0.1) is 12.1 Å². The molecule has 7 heteroatoms. The summed E-state index contributed by atoms with van der Waals surface area (Å²) in [6, 6.07) is 5.29. The number of rotatable bonds is 3. The SMILES string of the molecule is Cc1ccc(CN2CC[C@H](O)[C@@H](n3ccc(=O)[nH]c3=O)CC2)s1. The summed E-state index contributed by atoms with van der Waals surface area (Å²) < 4.78 is 1.45. The number of aliphatic hydroxyl groups excluding tert-OH is 1. The number of hydrogen-bond donors (Lipinski definition) is 2. The van der Waals surface area contributed by atoms with E-state index < -0.39 is 17.4 Å². The number of aryl methyl sites for hydroxylation is 1. The van der Waals surface area contributed by atoms with Gasteiger partial charge in [-0.1, -0.05) is 0 Å². The minimum absolute atomic E-state index is 0.297. The van der Waals surface area contributed by atoms with E-state index in [0.717, 1.165) is 19.6 Å². The largest absolute Gasteiger partial charge is 0.391 e. The van der Waals surface area contributed by atoms with Gasteiger partial charge in [0.15, 0.2) is 0 Å². The van der Waals surface area contributed by atoms with Crippen LogP contribution in [0.2, 0.25) is 0 Å². The average Bonchev–Trinajstić information content (AvgIpc) is 2.82. The Morgan fingerprint density at radius 1 is 1.26 bits per heavy atom. The van der Waals surface area contributed by atoms with E-state index in [1.54, 1.807) is 11.3 Å². The maximum Gasteiger partial charge on any atom is 0.328 e. The highest BCUT2D eigenvalue weighted by Gasteiger charge is 2.27. The van der Waals surface area contributed by atoms with Gasteiger partial charge in [-0.2, -0.15) is 0 Å². The van der Waals surface area contributed by atoms with E-state index in [2.05, 4.69) is 28.9 Å². The number of nitrogens with one attached hydrogen (secondary N) is 1. The Hall–Kier alpha value is -1.70. The Labute approximate surface area is 138 Å². The highest BCUT2D eigenvalue weighted by Crippen LogP contribution is 2.24. The molecule has 0 saturated carbocycles. The number of thiophene rings is 1. The van der Waals surface area contributed by atoms with Crippen molar-refractivity contribution in [3.8, 4) is 0 Å². The van der Waals surface area contributed by atoms with Gasteiger partial charge >= 0.3 is 5.69 Å². The maximum absolute atomic E-state index is 12.0. The number of likely N-dealkylation sites (tertiary alicyclic amines) is 1.